The number of rotatable bonds is 4. The van der Waals surface area contributed by atoms with E-state index in [1.165, 1.54) is 12.1 Å². The second kappa shape index (κ2) is 6.35. The van der Waals surface area contributed by atoms with E-state index in [1.54, 1.807) is 12.1 Å². The van der Waals surface area contributed by atoms with Gasteiger partial charge in [0, 0.05) is 19.7 Å². The Morgan fingerprint density at radius 2 is 2.10 bits per heavy atom. The van der Waals surface area contributed by atoms with Gasteiger partial charge in [0.1, 0.15) is 5.82 Å². The molecule has 1 N–H and O–H groups in total. The molecule has 1 aliphatic heterocycles. The number of hydrogen-bond acceptors (Lipinski definition) is 2. The molecule has 0 radical (unpaired) electrons. The molecule has 1 aromatic rings. The van der Waals surface area contributed by atoms with Crippen LogP contribution in [0.3, 0.4) is 0 Å². The lowest BCUT2D eigenvalue weighted by molar-refractivity contribution is -0.133. The lowest BCUT2D eigenvalue weighted by atomic mass is 9.77. The first-order valence-electron chi connectivity index (χ1n) is 7.22. The van der Waals surface area contributed by atoms with Crippen molar-refractivity contribution in [1.82, 2.24) is 4.90 Å². The third-order valence-electron chi connectivity index (χ3n) is 4.51. The highest BCUT2D eigenvalue weighted by Crippen LogP contribution is 2.34. The number of aliphatic hydroxyl groups excluding tert-OH is 1. The molecule has 20 heavy (non-hydrogen) atoms. The largest absolute Gasteiger partial charge is 0.396 e. The molecule has 0 unspecified atom stereocenters. The lowest BCUT2D eigenvalue weighted by Crippen LogP contribution is -2.45. The fourth-order valence-electron chi connectivity index (χ4n) is 2.79. The number of likely N-dealkylation sites (tertiary alicyclic amines) is 1. The minimum absolute atomic E-state index is 0.0182. The summed E-state index contributed by atoms with van der Waals surface area (Å²) in [6, 6.07) is 6.19. The molecule has 1 heterocycles. The molecule has 1 fully saturated rings. The van der Waals surface area contributed by atoms with Gasteiger partial charge in [-0.05, 0) is 42.4 Å². The smallest absolute Gasteiger partial charge is 0.226 e. The van der Waals surface area contributed by atoms with Crippen molar-refractivity contribution in [1.29, 1.82) is 0 Å². The quantitative estimate of drug-likeness (QED) is 0.919. The zero-order valence-corrected chi connectivity index (χ0v) is 11.9. The summed E-state index contributed by atoms with van der Waals surface area (Å²) in [6.07, 6.45) is 2.87. The van der Waals surface area contributed by atoms with Gasteiger partial charge in [-0.2, -0.15) is 0 Å². The van der Waals surface area contributed by atoms with Gasteiger partial charge in [-0.25, -0.2) is 4.39 Å². The maximum atomic E-state index is 13.1. The summed E-state index contributed by atoms with van der Waals surface area (Å²) in [4.78, 5) is 14.0. The van der Waals surface area contributed by atoms with E-state index in [-0.39, 0.29) is 30.2 Å². The zero-order chi connectivity index (χ0) is 14.6. The topological polar surface area (TPSA) is 40.5 Å². The highest BCUT2D eigenvalue weighted by Gasteiger charge is 2.33. The number of carbonyl (C=O) groups is 1. The molecule has 0 atom stereocenters. The monoisotopic (exact) mass is 279 g/mol. The van der Waals surface area contributed by atoms with Crippen molar-refractivity contribution >= 4 is 5.91 Å². The minimum Gasteiger partial charge on any atom is -0.396 e. The van der Waals surface area contributed by atoms with Gasteiger partial charge in [-0.3, -0.25) is 4.79 Å². The zero-order valence-electron chi connectivity index (χ0n) is 11.9. The van der Waals surface area contributed by atoms with E-state index in [0.717, 1.165) is 19.3 Å². The van der Waals surface area contributed by atoms with E-state index in [1.807, 2.05) is 4.90 Å². The standard InChI is InChI=1S/C16H22FNO2/c1-2-16(12-19)6-8-18(9-7-16)15(20)11-13-4-3-5-14(17)10-13/h3-5,10,19H,2,6-9,11-12H2,1H3. The summed E-state index contributed by atoms with van der Waals surface area (Å²) in [5, 5.41) is 9.49. The van der Waals surface area contributed by atoms with Crippen LogP contribution in [-0.2, 0) is 11.2 Å². The van der Waals surface area contributed by atoms with Gasteiger partial charge in [-0.15, -0.1) is 0 Å². The van der Waals surface area contributed by atoms with Crippen LogP contribution >= 0.6 is 0 Å². The molecule has 4 heteroatoms. The molecule has 110 valence electrons. The number of hydrogen-bond donors (Lipinski definition) is 1. The molecule has 0 aromatic heterocycles. The Kier molecular flexibility index (Phi) is 4.76. The molecular formula is C16H22FNO2. The number of piperidine rings is 1. The first-order valence-corrected chi connectivity index (χ1v) is 7.22. The van der Waals surface area contributed by atoms with E-state index >= 15 is 0 Å². The first-order chi connectivity index (χ1) is 9.58. The molecule has 0 aliphatic carbocycles. The fourth-order valence-corrected chi connectivity index (χ4v) is 2.79. The van der Waals surface area contributed by atoms with E-state index in [4.69, 9.17) is 0 Å². The fraction of sp³-hybridized carbons (Fsp3) is 0.562. The van der Waals surface area contributed by atoms with E-state index in [0.29, 0.717) is 18.7 Å². The molecule has 0 bridgehead atoms. The van der Waals surface area contributed by atoms with Crippen LogP contribution in [0, 0.1) is 11.2 Å². The Morgan fingerprint density at radius 3 is 2.65 bits per heavy atom. The predicted octanol–water partition coefficient (Wildman–Crippen LogP) is 2.38. The van der Waals surface area contributed by atoms with Gasteiger partial charge >= 0.3 is 0 Å². The van der Waals surface area contributed by atoms with Crippen molar-refractivity contribution in [3.63, 3.8) is 0 Å². The highest BCUT2D eigenvalue weighted by atomic mass is 19.1. The Labute approximate surface area is 119 Å². The SMILES string of the molecule is CCC1(CO)CCN(C(=O)Cc2cccc(F)c2)CC1. The summed E-state index contributed by atoms with van der Waals surface area (Å²) in [7, 11) is 0. The van der Waals surface area contributed by atoms with Crippen molar-refractivity contribution in [3.05, 3.63) is 35.6 Å². The van der Waals surface area contributed by atoms with Crippen LogP contribution in [0.2, 0.25) is 0 Å². The minimum atomic E-state index is -0.306. The van der Waals surface area contributed by atoms with E-state index in [9.17, 15) is 14.3 Å². The van der Waals surface area contributed by atoms with Crippen LogP contribution in [0.15, 0.2) is 24.3 Å². The Balaban J connectivity index is 1.92. The van der Waals surface area contributed by atoms with Crippen molar-refractivity contribution in [2.24, 2.45) is 5.41 Å². The van der Waals surface area contributed by atoms with E-state index < -0.39 is 0 Å². The normalized spacial score (nSPS) is 18.1. The summed E-state index contributed by atoms with van der Waals surface area (Å²) in [5.74, 6) is -0.266. The lowest BCUT2D eigenvalue weighted by Gasteiger charge is -2.40. The molecule has 0 spiro atoms. The number of halogens is 1. The Bertz CT molecular complexity index is 461. The molecule has 1 aliphatic rings. The van der Waals surface area contributed by atoms with Gasteiger partial charge in [-0.1, -0.05) is 19.1 Å². The summed E-state index contributed by atoms with van der Waals surface area (Å²) in [6.45, 7) is 3.64. The second-order valence-electron chi connectivity index (χ2n) is 5.70. The van der Waals surface area contributed by atoms with Crippen LogP contribution in [0.1, 0.15) is 31.7 Å². The van der Waals surface area contributed by atoms with Crippen LogP contribution in [0.4, 0.5) is 4.39 Å². The number of aliphatic hydroxyl groups is 1. The van der Waals surface area contributed by atoms with Crippen molar-refractivity contribution in [2.45, 2.75) is 32.6 Å². The maximum Gasteiger partial charge on any atom is 0.226 e. The van der Waals surface area contributed by atoms with Gasteiger partial charge in [0.2, 0.25) is 5.91 Å². The summed E-state index contributed by atoms with van der Waals surface area (Å²) >= 11 is 0. The molecule has 3 nitrogen and oxygen atoms in total. The van der Waals surface area contributed by atoms with Crippen LogP contribution in [-0.4, -0.2) is 35.6 Å². The van der Waals surface area contributed by atoms with Gasteiger partial charge in [0.25, 0.3) is 0 Å². The average Bonchev–Trinajstić information content (AvgIpc) is 2.47. The average molecular weight is 279 g/mol. The van der Waals surface area contributed by atoms with E-state index in [2.05, 4.69) is 6.92 Å². The van der Waals surface area contributed by atoms with Crippen molar-refractivity contribution in [3.8, 4) is 0 Å². The third-order valence-corrected chi connectivity index (χ3v) is 4.51. The van der Waals surface area contributed by atoms with Gasteiger partial charge in [0.05, 0.1) is 6.42 Å². The summed E-state index contributed by atoms with van der Waals surface area (Å²) in [5.41, 5.74) is 0.694. The predicted molar refractivity (Wildman–Crippen MR) is 75.7 cm³/mol. The van der Waals surface area contributed by atoms with Crippen LogP contribution in [0.5, 0.6) is 0 Å². The molecule has 1 saturated heterocycles. The van der Waals surface area contributed by atoms with Gasteiger partial charge < -0.3 is 10.0 Å². The highest BCUT2D eigenvalue weighted by molar-refractivity contribution is 5.78. The number of amides is 1. The Morgan fingerprint density at radius 1 is 1.40 bits per heavy atom. The van der Waals surface area contributed by atoms with Crippen LogP contribution < -0.4 is 0 Å². The summed E-state index contributed by atoms with van der Waals surface area (Å²) < 4.78 is 13.1. The molecule has 2 rings (SSSR count). The third kappa shape index (κ3) is 3.37. The number of nitrogens with zero attached hydrogens (tertiary/aromatic N) is 1. The number of carbonyl (C=O) groups excluding carboxylic acids is 1. The number of benzene rings is 1. The second-order valence-corrected chi connectivity index (χ2v) is 5.70. The van der Waals surface area contributed by atoms with Gasteiger partial charge in [0.15, 0.2) is 0 Å². The molecule has 1 aromatic carbocycles. The molecule has 0 saturated carbocycles. The molecule has 1 amide bonds. The van der Waals surface area contributed by atoms with Crippen molar-refractivity contribution < 1.29 is 14.3 Å². The van der Waals surface area contributed by atoms with Crippen LogP contribution in [0.25, 0.3) is 0 Å². The van der Waals surface area contributed by atoms with Crippen molar-refractivity contribution in [2.75, 3.05) is 19.7 Å². The Hall–Kier alpha value is -1.42. The molecular weight excluding hydrogens is 257 g/mol. The first kappa shape index (κ1) is 15.0. The maximum absolute atomic E-state index is 13.1.